The molecule has 2 atom stereocenters. The molecule has 1 N–H and O–H groups in total. The number of fused-ring (bicyclic) bond motifs is 4. The summed E-state index contributed by atoms with van der Waals surface area (Å²) in [5.41, 5.74) is 1.25. The van der Waals surface area contributed by atoms with Crippen LogP contribution in [0.2, 0.25) is 0 Å². The number of carbonyl (C=O) groups is 1. The average Bonchev–Trinajstić information content (AvgIpc) is 3.28. The van der Waals surface area contributed by atoms with Crippen LogP contribution in [0.4, 0.5) is 0 Å². The van der Waals surface area contributed by atoms with Gasteiger partial charge in [0.25, 0.3) is 5.56 Å². The summed E-state index contributed by atoms with van der Waals surface area (Å²) < 4.78 is 3.74. The standard InChI is InChI=1S/C23H33N7O2/c31-21(12-23(7-2-1-3-8-23)16-29-17-25-26-27-29)24-9-10-28-13-18-11-19(15-28)20-5-4-6-22(32)30(20)14-18/h4-6,17-19H,1-3,7-16H2,(H,24,31). The van der Waals surface area contributed by atoms with Gasteiger partial charge in [-0.25, -0.2) is 4.68 Å². The second-order valence-electron chi connectivity index (χ2n) is 10.1. The zero-order chi connectivity index (χ0) is 22.0. The van der Waals surface area contributed by atoms with Gasteiger partial charge in [-0.2, -0.15) is 0 Å². The summed E-state index contributed by atoms with van der Waals surface area (Å²) in [6.07, 6.45) is 9.01. The van der Waals surface area contributed by atoms with Crippen LogP contribution in [0.15, 0.2) is 29.3 Å². The first-order valence-corrected chi connectivity index (χ1v) is 12.0. The summed E-state index contributed by atoms with van der Waals surface area (Å²) in [4.78, 5) is 27.5. The van der Waals surface area contributed by atoms with Crippen LogP contribution >= 0.6 is 0 Å². The van der Waals surface area contributed by atoms with Gasteiger partial charge in [0.1, 0.15) is 6.33 Å². The van der Waals surface area contributed by atoms with Gasteiger partial charge in [-0.3, -0.25) is 9.59 Å². The highest BCUT2D eigenvalue weighted by molar-refractivity contribution is 5.76. The van der Waals surface area contributed by atoms with Crippen LogP contribution in [0.1, 0.15) is 56.6 Å². The molecule has 5 rings (SSSR count). The molecule has 1 amide bonds. The van der Waals surface area contributed by atoms with E-state index in [0.717, 1.165) is 58.3 Å². The van der Waals surface area contributed by atoms with Gasteiger partial charge in [0.15, 0.2) is 0 Å². The fourth-order valence-electron chi connectivity index (χ4n) is 6.22. The summed E-state index contributed by atoms with van der Waals surface area (Å²) in [5.74, 6) is 1.06. The van der Waals surface area contributed by atoms with Crippen molar-refractivity contribution in [1.82, 2.24) is 35.0 Å². The maximum atomic E-state index is 12.9. The van der Waals surface area contributed by atoms with E-state index in [9.17, 15) is 9.59 Å². The largest absolute Gasteiger partial charge is 0.355 e. The van der Waals surface area contributed by atoms with Gasteiger partial charge in [0.2, 0.25) is 5.91 Å². The molecule has 1 aliphatic carbocycles. The number of nitrogens with one attached hydrogen (secondary N) is 1. The fourth-order valence-corrected chi connectivity index (χ4v) is 6.22. The molecule has 3 aliphatic rings. The fraction of sp³-hybridized carbons (Fsp3) is 0.696. The third-order valence-electron chi connectivity index (χ3n) is 7.64. The number of piperidine rings is 1. The second kappa shape index (κ2) is 9.13. The first-order valence-electron chi connectivity index (χ1n) is 12.0. The van der Waals surface area contributed by atoms with Crippen molar-refractivity contribution in [3.8, 4) is 0 Å². The lowest BCUT2D eigenvalue weighted by Crippen LogP contribution is -2.49. The van der Waals surface area contributed by atoms with Gasteiger partial charge in [0.05, 0.1) is 6.54 Å². The molecule has 2 aromatic heterocycles. The number of aromatic nitrogens is 5. The Balaban J connectivity index is 1.14. The van der Waals surface area contributed by atoms with Gasteiger partial charge >= 0.3 is 0 Å². The minimum absolute atomic E-state index is 0.0448. The van der Waals surface area contributed by atoms with E-state index in [0.29, 0.717) is 31.3 Å². The van der Waals surface area contributed by atoms with E-state index >= 15 is 0 Å². The molecule has 0 radical (unpaired) electrons. The van der Waals surface area contributed by atoms with Crippen molar-refractivity contribution < 1.29 is 4.79 Å². The van der Waals surface area contributed by atoms with E-state index in [2.05, 4.69) is 31.8 Å². The summed E-state index contributed by atoms with van der Waals surface area (Å²) >= 11 is 0. The Morgan fingerprint density at radius 1 is 1.16 bits per heavy atom. The van der Waals surface area contributed by atoms with Crippen molar-refractivity contribution in [3.63, 3.8) is 0 Å². The Hall–Kier alpha value is -2.55. The number of hydrogen-bond acceptors (Lipinski definition) is 6. The third kappa shape index (κ3) is 4.62. The number of hydrogen-bond donors (Lipinski definition) is 1. The Bertz CT molecular complexity index is 980. The van der Waals surface area contributed by atoms with Crippen LogP contribution in [-0.4, -0.2) is 61.8 Å². The van der Waals surface area contributed by atoms with E-state index in [-0.39, 0.29) is 16.9 Å². The predicted octanol–water partition coefficient (Wildman–Crippen LogP) is 1.41. The topological polar surface area (TPSA) is 97.9 Å². The molecule has 9 nitrogen and oxygen atoms in total. The van der Waals surface area contributed by atoms with Crippen LogP contribution in [-0.2, 0) is 17.9 Å². The predicted molar refractivity (Wildman–Crippen MR) is 119 cm³/mol. The number of nitrogens with zero attached hydrogens (tertiary/aromatic N) is 6. The van der Waals surface area contributed by atoms with E-state index in [1.807, 2.05) is 10.6 Å². The molecule has 2 aliphatic heterocycles. The maximum absolute atomic E-state index is 12.9. The number of rotatable bonds is 7. The Morgan fingerprint density at radius 2 is 2.03 bits per heavy atom. The number of tetrazole rings is 1. The van der Waals surface area contributed by atoms with Crippen LogP contribution in [0.5, 0.6) is 0 Å². The Labute approximate surface area is 188 Å². The Kier molecular flexibility index (Phi) is 6.08. The van der Waals surface area contributed by atoms with Crippen molar-refractivity contribution in [2.75, 3.05) is 26.2 Å². The molecule has 32 heavy (non-hydrogen) atoms. The quantitative estimate of drug-likeness (QED) is 0.701. The highest BCUT2D eigenvalue weighted by Crippen LogP contribution is 2.40. The second-order valence-corrected chi connectivity index (χ2v) is 10.1. The minimum atomic E-state index is -0.0448. The van der Waals surface area contributed by atoms with E-state index in [1.165, 1.54) is 12.1 Å². The van der Waals surface area contributed by atoms with Crippen molar-refractivity contribution >= 4 is 5.91 Å². The van der Waals surface area contributed by atoms with Gasteiger partial charge in [-0.15, -0.1) is 5.10 Å². The molecule has 9 heteroatoms. The number of likely N-dealkylation sites (tertiary alicyclic amines) is 1. The van der Waals surface area contributed by atoms with E-state index in [4.69, 9.17) is 0 Å². The molecule has 4 heterocycles. The molecular formula is C23H33N7O2. The maximum Gasteiger partial charge on any atom is 0.250 e. The number of carbonyl (C=O) groups excluding carboxylic acids is 1. The molecular weight excluding hydrogens is 406 g/mol. The highest BCUT2D eigenvalue weighted by Gasteiger charge is 2.36. The van der Waals surface area contributed by atoms with Gasteiger partial charge < -0.3 is 14.8 Å². The smallest absolute Gasteiger partial charge is 0.250 e. The molecule has 2 bridgehead atoms. The molecule has 172 valence electrons. The number of amides is 1. The van der Waals surface area contributed by atoms with Crippen LogP contribution in [0.3, 0.4) is 0 Å². The molecule has 0 spiro atoms. The van der Waals surface area contributed by atoms with E-state index in [1.54, 1.807) is 17.1 Å². The molecule has 0 aromatic carbocycles. The summed E-state index contributed by atoms with van der Waals surface area (Å²) in [6.45, 7) is 5.00. The van der Waals surface area contributed by atoms with Crippen molar-refractivity contribution in [2.45, 2.75) is 64.0 Å². The van der Waals surface area contributed by atoms with Gasteiger partial charge in [-0.1, -0.05) is 25.3 Å². The minimum Gasteiger partial charge on any atom is -0.355 e. The zero-order valence-corrected chi connectivity index (χ0v) is 18.7. The molecule has 1 saturated heterocycles. The number of pyridine rings is 1. The normalized spacial score (nSPS) is 24.6. The SMILES string of the molecule is O=C(CC1(Cn2cnnn2)CCCCC1)NCCN1CC2CC(C1)c1cccc(=O)n1C2. The van der Waals surface area contributed by atoms with Crippen LogP contribution in [0, 0.1) is 11.3 Å². The van der Waals surface area contributed by atoms with Crippen molar-refractivity contribution in [1.29, 1.82) is 0 Å². The molecule has 2 fully saturated rings. The summed E-state index contributed by atoms with van der Waals surface area (Å²) in [5, 5.41) is 14.7. The van der Waals surface area contributed by atoms with Crippen molar-refractivity contribution in [2.24, 2.45) is 11.3 Å². The van der Waals surface area contributed by atoms with Gasteiger partial charge in [0, 0.05) is 56.8 Å². The highest BCUT2D eigenvalue weighted by atomic mass is 16.1. The third-order valence-corrected chi connectivity index (χ3v) is 7.64. The lowest BCUT2D eigenvalue weighted by atomic mass is 9.71. The van der Waals surface area contributed by atoms with E-state index < -0.39 is 0 Å². The summed E-state index contributed by atoms with van der Waals surface area (Å²) in [7, 11) is 0. The Morgan fingerprint density at radius 3 is 2.84 bits per heavy atom. The first-order chi connectivity index (χ1) is 15.6. The molecule has 1 saturated carbocycles. The molecule has 2 unspecified atom stereocenters. The average molecular weight is 440 g/mol. The lowest BCUT2D eigenvalue weighted by Gasteiger charge is -2.42. The van der Waals surface area contributed by atoms with Crippen LogP contribution in [0.25, 0.3) is 0 Å². The monoisotopic (exact) mass is 439 g/mol. The van der Waals surface area contributed by atoms with Gasteiger partial charge in [-0.05, 0) is 47.1 Å². The van der Waals surface area contributed by atoms with Crippen LogP contribution < -0.4 is 10.9 Å². The van der Waals surface area contributed by atoms with Crippen molar-refractivity contribution in [3.05, 3.63) is 40.6 Å². The first kappa shape index (κ1) is 21.3. The molecule has 2 aromatic rings. The summed E-state index contributed by atoms with van der Waals surface area (Å²) in [6, 6.07) is 5.64. The lowest BCUT2D eigenvalue weighted by molar-refractivity contribution is -0.124. The zero-order valence-electron chi connectivity index (χ0n) is 18.7.